The number of hydrogen-bond donors (Lipinski definition) is 2. The van der Waals surface area contributed by atoms with Crippen LogP contribution in [-0.2, 0) is 13.0 Å². The molecule has 20 heavy (non-hydrogen) atoms. The molecule has 0 radical (unpaired) electrons. The molecule has 0 bridgehead atoms. The number of H-pyrrole nitrogens is 1. The van der Waals surface area contributed by atoms with Crippen molar-refractivity contribution in [3.05, 3.63) is 65.7 Å². The molecule has 3 N–H and O–H groups in total. The fraction of sp³-hybridized carbons (Fsp3) is 0.176. The maximum absolute atomic E-state index is 5.95. The van der Waals surface area contributed by atoms with Gasteiger partial charge in [0.1, 0.15) is 6.61 Å². The lowest BCUT2D eigenvalue weighted by molar-refractivity contribution is 0.293. The number of fused-ring (bicyclic) bond motifs is 1. The minimum Gasteiger partial charge on any atom is -0.474 e. The molecule has 3 heteroatoms. The van der Waals surface area contributed by atoms with Crippen LogP contribution in [0.2, 0.25) is 0 Å². The molecule has 0 saturated heterocycles. The summed E-state index contributed by atoms with van der Waals surface area (Å²) in [5, 5.41) is 1.20. The smallest absolute Gasteiger partial charge is 0.195 e. The summed E-state index contributed by atoms with van der Waals surface area (Å²) in [6.07, 6.45) is 0.814. The van der Waals surface area contributed by atoms with Gasteiger partial charge in [0.2, 0.25) is 0 Å². The lowest BCUT2D eigenvalue weighted by Crippen LogP contribution is -2.04. The first-order chi connectivity index (χ1) is 9.88. The van der Waals surface area contributed by atoms with E-state index in [1.54, 1.807) is 0 Å². The summed E-state index contributed by atoms with van der Waals surface area (Å²) in [6, 6.07) is 18.4. The van der Waals surface area contributed by atoms with Gasteiger partial charge in [-0.05, 0) is 24.6 Å². The highest BCUT2D eigenvalue weighted by Gasteiger charge is 2.11. The van der Waals surface area contributed by atoms with Crippen LogP contribution in [0, 0.1) is 0 Å². The predicted molar refractivity (Wildman–Crippen MR) is 81.8 cm³/mol. The normalized spacial score (nSPS) is 10.8. The number of aromatic amines is 1. The van der Waals surface area contributed by atoms with Crippen LogP contribution in [-0.4, -0.2) is 11.5 Å². The molecule has 0 unspecified atom stereocenters. The highest BCUT2D eigenvalue weighted by Crippen LogP contribution is 2.28. The van der Waals surface area contributed by atoms with Gasteiger partial charge in [0.25, 0.3) is 0 Å². The molecule has 1 aromatic heterocycles. The largest absolute Gasteiger partial charge is 0.474 e. The van der Waals surface area contributed by atoms with Crippen molar-refractivity contribution in [2.75, 3.05) is 6.54 Å². The Bertz CT molecular complexity index is 689. The third-order valence-electron chi connectivity index (χ3n) is 3.39. The fourth-order valence-corrected chi connectivity index (χ4v) is 2.42. The van der Waals surface area contributed by atoms with Gasteiger partial charge in [0, 0.05) is 16.5 Å². The Balaban J connectivity index is 1.88. The number of hydrogen-bond acceptors (Lipinski definition) is 2. The molecule has 102 valence electrons. The number of aromatic nitrogens is 1. The molecular weight excluding hydrogens is 248 g/mol. The highest BCUT2D eigenvalue weighted by molar-refractivity contribution is 5.85. The van der Waals surface area contributed by atoms with Gasteiger partial charge in [-0.15, -0.1) is 0 Å². The Morgan fingerprint density at radius 2 is 1.70 bits per heavy atom. The zero-order valence-corrected chi connectivity index (χ0v) is 11.3. The lowest BCUT2D eigenvalue weighted by Gasteiger charge is -2.07. The van der Waals surface area contributed by atoms with Gasteiger partial charge in [0.15, 0.2) is 5.88 Å². The van der Waals surface area contributed by atoms with Crippen LogP contribution in [0.1, 0.15) is 11.1 Å². The van der Waals surface area contributed by atoms with Crippen molar-refractivity contribution in [1.82, 2.24) is 4.98 Å². The van der Waals surface area contributed by atoms with E-state index in [1.165, 1.54) is 10.9 Å². The standard InChI is InChI=1S/C17H18N2O/c18-11-10-15-14-8-4-5-9-16(14)19-17(15)20-12-13-6-2-1-3-7-13/h1-9,19H,10-12,18H2. The second-order valence-corrected chi connectivity index (χ2v) is 4.79. The Hall–Kier alpha value is -2.26. The third-order valence-corrected chi connectivity index (χ3v) is 3.39. The first-order valence-electron chi connectivity index (χ1n) is 6.85. The minimum absolute atomic E-state index is 0.561. The van der Waals surface area contributed by atoms with Gasteiger partial charge in [-0.1, -0.05) is 48.5 Å². The highest BCUT2D eigenvalue weighted by atomic mass is 16.5. The topological polar surface area (TPSA) is 51.0 Å². The molecule has 3 rings (SSSR count). The second-order valence-electron chi connectivity index (χ2n) is 4.79. The number of benzene rings is 2. The van der Waals surface area contributed by atoms with Crippen LogP contribution >= 0.6 is 0 Å². The van der Waals surface area contributed by atoms with Crippen LogP contribution in [0.4, 0.5) is 0 Å². The number of ether oxygens (including phenoxy) is 1. The molecule has 0 aliphatic carbocycles. The van der Waals surface area contributed by atoms with Crippen LogP contribution in [0.25, 0.3) is 10.9 Å². The van der Waals surface area contributed by atoms with E-state index in [0.717, 1.165) is 23.4 Å². The van der Waals surface area contributed by atoms with Crippen LogP contribution < -0.4 is 10.5 Å². The lowest BCUT2D eigenvalue weighted by atomic mass is 10.1. The van der Waals surface area contributed by atoms with Crippen molar-refractivity contribution >= 4 is 10.9 Å². The molecular formula is C17H18N2O. The van der Waals surface area contributed by atoms with E-state index in [4.69, 9.17) is 10.5 Å². The molecule has 0 atom stereocenters. The van der Waals surface area contributed by atoms with E-state index >= 15 is 0 Å². The predicted octanol–water partition coefficient (Wildman–Crippen LogP) is 3.25. The van der Waals surface area contributed by atoms with Crippen molar-refractivity contribution in [1.29, 1.82) is 0 Å². The number of nitrogens with two attached hydrogens (primary N) is 1. The van der Waals surface area contributed by atoms with E-state index in [2.05, 4.69) is 29.2 Å². The Morgan fingerprint density at radius 3 is 2.50 bits per heavy atom. The first-order valence-corrected chi connectivity index (χ1v) is 6.85. The summed E-state index contributed by atoms with van der Waals surface area (Å²) in [5.74, 6) is 0.834. The van der Waals surface area contributed by atoms with Gasteiger partial charge in [-0.25, -0.2) is 0 Å². The molecule has 0 aliphatic heterocycles. The number of rotatable bonds is 5. The van der Waals surface area contributed by atoms with Gasteiger partial charge in [-0.3, -0.25) is 0 Å². The molecule has 0 amide bonds. The van der Waals surface area contributed by atoms with Crippen molar-refractivity contribution < 1.29 is 4.74 Å². The minimum atomic E-state index is 0.561. The van der Waals surface area contributed by atoms with Crippen LogP contribution in [0.3, 0.4) is 0 Å². The summed E-state index contributed by atoms with van der Waals surface area (Å²) in [7, 11) is 0. The van der Waals surface area contributed by atoms with E-state index in [9.17, 15) is 0 Å². The van der Waals surface area contributed by atoms with E-state index < -0.39 is 0 Å². The van der Waals surface area contributed by atoms with Gasteiger partial charge in [-0.2, -0.15) is 0 Å². The van der Waals surface area contributed by atoms with Gasteiger partial charge < -0.3 is 15.5 Å². The van der Waals surface area contributed by atoms with E-state index in [0.29, 0.717) is 13.2 Å². The van der Waals surface area contributed by atoms with Crippen molar-refractivity contribution in [3.8, 4) is 5.88 Å². The maximum Gasteiger partial charge on any atom is 0.195 e. The molecule has 0 saturated carbocycles. The zero-order valence-electron chi connectivity index (χ0n) is 11.3. The van der Waals surface area contributed by atoms with E-state index in [-0.39, 0.29) is 0 Å². The summed E-state index contributed by atoms with van der Waals surface area (Å²) in [5.41, 5.74) is 9.14. The Labute approximate surface area is 118 Å². The van der Waals surface area contributed by atoms with Crippen molar-refractivity contribution in [2.24, 2.45) is 5.73 Å². The van der Waals surface area contributed by atoms with Crippen molar-refractivity contribution in [2.45, 2.75) is 13.0 Å². The summed E-state index contributed by atoms with van der Waals surface area (Å²) >= 11 is 0. The molecule has 2 aromatic carbocycles. The molecule has 0 aliphatic rings. The average Bonchev–Trinajstić information content (AvgIpc) is 2.85. The van der Waals surface area contributed by atoms with Gasteiger partial charge in [0.05, 0.1) is 0 Å². The average molecular weight is 266 g/mol. The fourth-order valence-electron chi connectivity index (χ4n) is 2.42. The summed E-state index contributed by atoms with van der Waals surface area (Å²) < 4.78 is 5.95. The molecule has 3 nitrogen and oxygen atoms in total. The monoisotopic (exact) mass is 266 g/mol. The molecule has 0 fully saturated rings. The molecule has 0 spiro atoms. The third kappa shape index (κ3) is 2.53. The maximum atomic E-state index is 5.95. The molecule has 3 aromatic rings. The molecule has 1 heterocycles. The Kier molecular flexibility index (Phi) is 3.70. The quantitative estimate of drug-likeness (QED) is 0.744. The van der Waals surface area contributed by atoms with Crippen LogP contribution in [0.15, 0.2) is 54.6 Å². The number of nitrogens with one attached hydrogen (secondary N) is 1. The van der Waals surface area contributed by atoms with Crippen molar-refractivity contribution in [3.63, 3.8) is 0 Å². The second kappa shape index (κ2) is 5.80. The first kappa shape index (κ1) is 12.8. The van der Waals surface area contributed by atoms with Crippen LogP contribution in [0.5, 0.6) is 5.88 Å². The van der Waals surface area contributed by atoms with Gasteiger partial charge >= 0.3 is 0 Å². The summed E-state index contributed by atoms with van der Waals surface area (Å²) in [4.78, 5) is 3.34. The Morgan fingerprint density at radius 1 is 0.950 bits per heavy atom. The SMILES string of the molecule is NCCc1c(OCc2ccccc2)[nH]c2ccccc12. The zero-order chi connectivity index (χ0) is 13.8. The summed E-state index contributed by atoms with van der Waals surface area (Å²) in [6.45, 7) is 1.18. The van der Waals surface area contributed by atoms with E-state index in [1.807, 2.05) is 30.3 Å². The number of para-hydroxylation sites is 1.